The molecule has 27 heavy (non-hydrogen) atoms. The van der Waals surface area contributed by atoms with E-state index in [1.165, 1.54) is 0 Å². The summed E-state index contributed by atoms with van der Waals surface area (Å²) in [6.07, 6.45) is 1.30. The Balaban J connectivity index is 1.88. The summed E-state index contributed by atoms with van der Waals surface area (Å²) in [5.74, 6) is -4.17. The number of nitrogens with zero attached hydrogens (tertiary/aromatic N) is 1. The molecule has 0 aliphatic heterocycles. The van der Waals surface area contributed by atoms with E-state index in [-0.39, 0.29) is 25.4 Å². The van der Waals surface area contributed by atoms with E-state index >= 15 is 0 Å². The summed E-state index contributed by atoms with van der Waals surface area (Å²) in [5.41, 5.74) is -1.93. The van der Waals surface area contributed by atoms with Gasteiger partial charge in [0.1, 0.15) is 11.8 Å². The number of aromatic amines is 1. The molecular weight excluding hydrogens is 432 g/mol. The molecule has 1 aromatic rings. The van der Waals surface area contributed by atoms with Crippen LogP contribution in [0.15, 0.2) is 15.8 Å². The Hall–Kier alpha value is -0.900. The van der Waals surface area contributed by atoms with Crippen LogP contribution in [0, 0.1) is 11.7 Å². The molecule has 1 heterocycles. The minimum absolute atomic E-state index is 0.269. The smallest absolute Gasteiger partial charge is 0.337 e. The first-order chi connectivity index (χ1) is 12.2. The number of rotatable bonds is 8. The van der Waals surface area contributed by atoms with Crippen molar-refractivity contribution < 1.29 is 42.2 Å². The van der Waals surface area contributed by atoms with Gasteiger partial charge in [-0.15, -0.1) is 0 Å². The molecule has 1 aliphatic rings. The van der Waals surface area contributed by atoms with E-state index < -0.39 is 57.5 Å². The number of H-pyrrole nitrogens is 1. The van der Waals surface area contributed by atoms with Crippen molar-refractivity contribution in [3.8, 4) is 0 Å². The van der Waals surface area contributed by atoms with Crippen LogP contribution in [0.2, 0.25) is 0 Å². The van der Waals surface area contributed by atoms with Gasteiger partial charge in [-0.3, -0.25) is 28.0 Å². The largest absolute Gasteiger partial charge is 0.343 e. The third-order valence-electron chi connectivity index (χ3n) is 3.85. The maximum absolute atomic E-state index is 13.3. The van der Waals surface area contributed by atoms with Crippen LogP contribution in [0.5, 0.6) is 0 Å². The molecule has 2 rings (SSSR count). The zero-order valence-corrected chi connectivity index (χ0v) is 16.4. The van der Waals surface area contributed by atoms with Crippen molar-refractivity contribution in [2.75, 3.05) is 18.4 Å². The van der Waals surface area contributed by atoms with Crippen molar-refractivity contribution in [1.82, 2.24) is 9.55 Å². The average molecular weight is 450 g/mol. The second-order valence-corrected chi connectivity index (χ2v) is 13.2. The first kappa shape index (κ1) is 22.4. The summed E-state index contributed by atoms with van der Waals surface area (Å²) in [5, 5.41) is 0. The first-order valence-corrected chi connectivity index (χ1v) is 13.1. The molecule has 1 aromatic heterocycles. The van der Waals surface area contributed by atoms with E-state index in [1.807, 2.05) is 4.98 Å². The number of hydrogen-bond acceptors (Lipinski definition) is 6. The van der Waals surface area contributed by atoms with E-state index in [0.717, 1.165) is 10.8 Å². The lowest BCUT2D eigenvalue weighted by atomic mass is 9.81. The van der Waals surface area contributed by atoms with Gasteiger partial charge >= 0.3 is 20.9 Å². The molecule has 16 heteroatoms. The Labute approximate surface area is 151 Å². The molecule has 0 bridgehead atoms. The molecular formula is C11H18FN2O10P3. The predicted octanol–water partition coefficient (Wildman–Crippen LogP) is 0.192. The standard InChI is InChI=1S/C11H18FN2O10P3/c12-9-3-14(11(16)13-10(9)15)8-1-7(2-8)4-24-27(22,23)6-25(17,18)5-26(19,20)21/h3,7-8H,1-2,4-6H2,(H,17,18)(H,22,23)(H,13,15,16)(H2,19,20,21). The van der Waals surface area contributed by atoms with Crippen molar-refractivity contribution >= 4 is 22.6 Å². The van der Waals surface area contributed by atoms with Crippen molar-refractivity contribution in [3.05, 3.63) is 32.9 Å². The third-order valence-corrected chi connectivity index (χ3v) is 10.8. The number of hydrogen-bond donors (Lipinski definition) is 5. The molecule has 0 aromatic carbocycles. The van der Waals surface area contributed by atoms with Crippen molar-refractivity contribution in [2.45, 2.75) is 18.9 Å². The fourth-order valence-corrected chi connectivity index (χ4v) is 9.14. The van der Waals surface area contributed by atoms with Crippen molar-refractivity contribution in [3.63, 3.8) is 0 Å². The second-order valence-electron chi connectivity index (χ2n) is 6.36. The Kier molecular flexibility index (Phi) is 6.51. The lowest BCUT2D eigenvalue weighted by Gasteiger charge is -2.36. The lowest BCUT2D eigenvalue weighted by molar-refractivity contribution is 0.113. The van der Waals surface area contributed by atoms with E-state index in [0.29, 0.717) is 0 Å². The minimum Gasteiger partial charge on any atom is -0.343 e. The topological polar surface area (TPSA) is 196 Å². The summed E-state index contributed by atoms with van der Waals surface area (Å²) in [4.78, 5) is 60.9. The molecule has 1 aliphatic carbocycles. The van der Waals surface area contributed by atoms with Crippen LogP contribution in [-0.2, 0) is 18.2 Å². The van der Waals surface area contributed by atoms with E-state index in [2.05, 4.69) is 0 Å². The van der Waals surface area contributed by atoms with Crippen LogP contribution in [0.25, 0.3) is 0 Å². The fraction of sp³-hybridized carbons (Fsp3) is 0.636. The maximum Gasteiger partial charge on any atom is 0.337 e. The van der Waals surface area contributed by atoms with Gasteiger partial charge in [-0.05, 0) is 18.8 Å². The SMILES string of the molecule is O=c1[nH]c(=O)n(C2CC(COP(=O)(O)CP(=O)(O)CP(=O)(O)O)C2)cc1F. The second kappa shape index (κ2) is 7.85. The van der Waals surface area contributed by atoms with Gasteiger partial charge in [-0.25, -0.2) is 4.79 Å². The van der Waals surface area contributed by atoms with Gasteiger partial charge in [0.15, 0.2) is 0 Å². The van der Waals surface area contributed by atoms with Gasteiger partial charge in [-0.2, -0.15) is 4.39 Å². The van der Waals surface area contributed by atoms with Crippen LogP contribution in [0.4, 0.5) is 4.39 Å². The Morgan fingerprint density at radius 2 is 1.74 bits per heavy atom. The van der Waals surface area contributed by atoms with Crippen LogP contribution < -0.4 is 11.2 Å². The number of aromatic nitrogens is 2. The molecule has 12 nitrogen and oxygen atoms in total. The van der Waals surface area contributed by atoms with Crippen LogP contribution in [0.3, 0.4) is 0 Å². The highest BCUT2D eigenvalue weighted by Gasteiger charge is 2.39. The molecule has 0 saturated heterocycles. The molecule has 1 saturated carbocycles. The van der Waals surface area contributed by atoms with E-state index in [4.69, 9.17) is 14.3 Å². The maximum atomic E-state index is 13.3. The zero-order chi connectivity index (χ0) is 20.6. The molecule has 154 valence electrons. The highest BCUT2D eigenvalue weighted by molar-refractivity contribution is 7.79. The van der Waals surface area contributed by atoms with E-state index in [1.54, 1.807) is 0 Å². The van der Waals surface area contributed by atoms with Gasteiger partial charge in [0.25, 0.3) is 5.56 Å². The molecule has 2 atom stereocenters. The number of nitrogens with one attached hydrogen (secondary N) is 1. The first-order valence-electron chi connectivity index (χ1n) is 7.50. The van der Waals surface area contributed by atoms with Crippen LogP contribution >= 0.6 is 22.6 Å². The van der Waals surface area contributed by atoms with Gasteiger partial charge in [-0.1, -0.05) is 0 Å². The Morgan fingerprint density at radius 1 is 1.15 bits per heavy atom. The normalized spacial score (nSPS) is 24.6. The Bertz CT molecular complexity index is 962. The average Bonchev–Trinajstić information content (AvgIpc) is 2.37. The summed E-state index contributed by atoms with van der Waals surface area (Å²) >= 11 is 0. The van der Waals surface area contributed by atoms with Crippen LogP contribution in [0.1, 0.15) is 18.9 Å². The van der Waals surface area contributed by atoms with Crippen molar-refractivity contribution in [1.29, 1.82) is 0 Å². The molecule has 0 radical (unpaired) electrons. The summed E-state index contributed by atoms with van der Waals surface area (Å²) in [6.45, 7) is -0.305. The third kappa shape index (κ3) is 6.58. The van der Waals surface area contributed by atoms with Crippen LogP contribution in [-0.4, -0.2) is 47.5 Å². The fourth-order valence-electron chi connectivity index (χ4n) is 2.67. The minimum atomic E-state index is -4.85. The monoisotopic (exact) mass is 450 g/mol. The molecule has 5 N–H and O–H groups in total. The van der Waals surface area contributed by atoms with E-state index in [9.17, 15) is 37.5 Å². The molecule has 0 amide bonds. The van der Waals surface area contributed by atoms with Crippen molar-refractivity contribution in [2.24, 2.45) is 5.92 Å². The summed E-state index contributed by atoms with van der Waals surface area (Å²) in [7, 11) is -14.0. The Morgan fingerprint density at radius 3 is 2.30 bits per heavy atom. The number of halogens is 1. The summed E-state index contributed by atoms with van der Waals surface area (Å²) < 4.78 is 53.3. The predicted molar refractivity (Wildman–Crippen MR) is 90.4 cm³/mol. The molecule has 1 fully saturated rings. The molecule has 0 spiro atoms. The van der Waals surface area contributed by atoms with Gasteiger partial charge in [0, 0.05) is 6.04 Å². The summed E-state index contributed by atoms with van der Waals surface area (Å²) in [6, 6.07) is -0.450. The van der Waals surface area contributed by atoms with Gasteiger partial charge in [0.2, 0.25) is 13.2 Å². The lowest BCUT2D eigenvalue weighted by Crippen LogP contribution is -2.39. The quantitative estimate of drug-likeness (QED) is 0.341. The molecule has 2 unspecified atom stereocenters. The highest BCUT2D eigenvalue weighted by atomic mass is 31.3. The van der Waals surface area contributed by atoms with Gasteiger partial charge < -0.3 is 24.1 Å². The zero-order valence-electron chi connectivity index (χ0n) is 13.7. The highest BCUT2D eigenvalue weighted by Crippen LogP contribution is 2.63. The van der Waals surface area contributed by atoms with Gasteiger partial charge in [0.05, 0.1) is 12.8 Å².